The first kappa shape index (κ1) is 23.5. The molecule has 1 aromatic carbocycles. The van der Waals surface area contributed by atoms with Crippen LogP contribution < -0.4 is 27.1 Å². The number of rotatable bonds is 9. The van der Waals surface area contributed by atoms with Gasteiger partial charge in [-0.25, -0.2) is 8.42 Å². The maximum Gasteiger partial charge on any atom is 0.275 e. The number of nitrogens with zero attached hydrogens (tertiary/aromatic N) is 3. The number of pyridine rings is 2. The third-order valence-electron chi connectivity index (χ3n) is 4.52. The highest BCUT2D eigenvalue weighted by atomic mass is 32.2. The maximum absolute atomic E-state index is 13.0. The fourth-order valence-electron chi connectivity index (χ4n) is 3.01. The van der Waals surface area contributed by atoms with Crippen molar-refractivity contribution in [3.8, 4) is 0 Å². The molecule has 0 unspecified atom stereocenters. The number of hydrogen-bond acceptors (Lipinski definition) is 7. The van der Waals surface area contributed by atoms with Gasteiger partial charge in [0, 0.05) is 17.3 Å². The zero-order valence-electron chi connectivity index (χ0n) is 17.7. The molecule has 3 aromatic rings. The molecule has 174 valence electrons. The third-order valence-corrected chi connectivity index (χ3v) is 5.94. The number of aromatic nitrogens is 2. The highest BCUT2D eigenvalue weighted by molar-refractivity contribution is 7.93. The molecule has 12 nitrogen and oxygen atoms in total. The van der Waals surface area contributed by atoms with Crippen molar-refractivity contribution in [3.63, 3.8) is 0 Å². The van der Waals surface area contributed by atoms with Crippen molar-refractivity contribution in [1.82, 2.24) is 14.9 Å². The van der Waals surface area contributed by atoms with Crippen LogP contribution in [0.3, 0.4) is 0 Å². The number of carbonyl (C=O) groups is 1. The molecule has 0 radical (unpaired) electrons. The van der Waals surface area contributed by atoms with Crippen LogP contribution in [0.15, 0.2) is 63.5 Å². The number of anilines is 1. The van der Waals surface area contributed by atoms with E-state index in [1.807, 2.05) is 0 Å². The summed E-state index contributed by atoms with van der Waals surface area (Å²) in [6.45, 7) is 1.44. The van der Waals surface area contributed by atoms with Gasteiger partial charge in [-0.2, -0.15) is 0 Å². The molecular weight excluding hydrogens is 450 g/mol. The summed E-state index contributed by atoms with van der Waals surface area (Å²) >= 11 is 0. The zero-order valence-corrected chi connectivity index (χ0v) is 18.5. The number of benzene rings is 1. The smallest absolute Gasteiger partial charge is 0.275 e. The number of hydrogen-bond donors (Lipinski definition) is 4. The fraction of sp³-hybridized carbons (Fsp3) is 0.200. The zero-order chi connectivity index (χ0) is 24.0. The summed E-state index contributed by atoms with van der Waals surface area (Å²) in [6, 6.07) is 10.8. The molecule has 2 aromatic heterocycles. The van der Waals surface area contributed by atoms with Crippen LogP contribution in [0.2, 0.25) is 0 Å². The summed E-state index contributed by atoms with van der Waals surface area (Å²) in [4.78, 5) is 34.0. The minimum absolute atomic E-state index is 0.0156. The van der Waals surface area contributed by atoms with E-state index < -0.39 is 21.5 Å². The Hall–Kier alpha value is -4.13. The summed E-state index contributed by atoms with van der Waals surface area (Å²) in [5.74, 6) is -0.726. The van der Waals surface area contributed by atoms with E-state index in [0.29, 0.717) is 16.6 Å². The van der Waals surface area contributed by atoms with E-state index in [-0.39, 0.29) is 36.2 Å². The lowest BCUT2D eigenvalue weighted by atomic mass is 10.2. The molecule has 3 rings (SSSR count). The molecule has 0 aliphatic carbocycles. The van der Waals surface area contributed by atoms with Crippen molar-refractivity contribution in [1.29, 1.82) is 0 Å². The lowest BCUT2D eigenvalue weighted by molar-refractivity contribution is -0.122. The molecule has 33 heavy (non-hydrogen) atoms. The number of nitrogens with two attached hydrogens (primary N) is 2. The average Bonchev–Trinajstić information content (AvgIpc) is 2.77. The van der Waals surface area contributed by atoms with Crippen LogP contribution in [0.25, 0.3) is 10.9 Å². The highest BCUT2D eigenvalue weighted by Crippen LogP contribution is 2.23. The van der Waals surface area contributed by atoms with E-state index in [1.165, 1.54) is 12.1 Å². The summed E-state index contributed by atoms with van der Waals surface area (Å²) in [7, 11) is -4.10. The second-order valence-electron chi connectivity index (χ2n) is 6.91. The molecule has 0 saturated heterocycles. The molecule has 0 spiro atoms. The lowest BCUT2D eigenvalue weighted by Crippen LogP contribution is -2.36. The van der Waals surface area contributed by atoms with Crippen LogP contribution in [0, 0.1) is 6.92 Å². The Morgan fingerprint density at radius 1 is 1.18 bits per heavy atom. The Labute approximate surface area is 189 Å². The minimum atomic E-state index is -4.10. The Bertz CT molecular complexity index is 1360. The van der Waals surface area contributed by atoms with Gasteiger partial charge in [-0.3, -0.25) is 19.3 Å². The van der Waals surface area contributed by atoms with E-state index >= 15 is 0 Å². The highest BCUT2D eigenvalue weighted by Gasteiger charge is 2.20. The number of nitrogens with one attached hydrogen (secondary N) is 2. The Balaban J connectivity index is 1.78. The fourth-order valence-corrected chi connectivity index (χ4v) is 4.28. The van der Waals surface area contributed by atoms with Gasteiger partial charge >= 0.3 is 0 Å². The van der Waals surface area contributed by atoms with Crippen molar-refractivity contribution in [2.75, 3.05) is 17.9 Å². The van der Waals surface area contributed by atoms with Crippen LogP contribution in [0.4, 0.5) is 5.69 Å². The van der Waals surface area contributed by atoms with Gasteiger partial charge < -0.3 is 26.2 Å². The molecule has 1 amide bonds. The van der Waals surface area contributed by atoms with Crippen LogP contribution in [-0.4, -0.2) is 43.0 Å². The third kappa shape index (κ3) is 5.77. The number of oxime groups is 1. The van der Waals surface area contributed by atoms with Crippen LogP contribution in [-0.2, 0) is 26.2 Å². The largest absolute Gasteiger partial charge is 0.391 e. The second-order valence-corrected chi connectivity index (χ2v) is 8.56. The molecule has 0 fully saturated rings. The van der Waals surface area contributed by atoms with Crippen molar-refractivity contribution in [2.45, 2.75) is 18.4 Å². The standard InChI is InChI=1S/C20H23N7O5S/c1-13-7-8-16(19(29)27(13)12-18(28)24-10-11-32-25-20(21)22)26-33(30,31)17-6-2-5-15-14(17)4-3-9-23-15/h2-9,26H,10-12H2,1H3,(H,24,28)(H4,21,22,25). The molecule has 0 saturated carbocycles. The van der Waals surface area contributed by atoms with E-state index in [4.69, 9.17) is 16.3 Å². The van der Waals surface area contributed by atoms with Crippen molar-refractivity contribution >= 4 is 38.5 Å². The first-order valence-corrected chi connectivity index (χ1v) is 11.2. The average molecular weight is 474 g/mol. The topological polar surface area (TPSA) is 184 Å². The van der Waals surface area contributed by atoms with E-state index in [2.05, 4.69) is 20.2 Å². The molecular formula is C20H23N7O5S. The first-order valence-electron chi connectivity index (χ1n) is 9.73. The number of amides is 1. The van der Waals surface area contributed by atoms with E-state index in [0.717, 1.165) is 4.57 Å². The van der Waals surface area contributed by atoms with Crippen molar-refractivity contribution in [2.24, 2.45) is 16.6 Å². The van der Waals surface area contributed by atoms with Gasteiger partial charge in [0.2, 0.25) is 11.9 Å². The number of fused-ring (bicyclic) bond motifs is 1. The molecule has 0 aliphatic heterocycles. The van der Waals surface area contributed by atoms with Crippen LogP contribution in [0.1, 0.15) is 5.69 Å². The lowest BCUT2D eigenvalue weighted by Gasteiger charge is -2.14. The number of carbonyl (C=O) groups excluding carboxylic acids is 1. The molecule has 2 heterocycles. The molecule has 6 N–H and O–H groups in total. The van der Waals surface area contributed by atoms with Crippen LogP contribution >= 0.6 is 0 Å². The van der Waals surface area contributed by atoms with E-state index in [1.54, 1.807) is 43.5 Å². The Morgan fingerprint density at radius 2 is 1.97 bits per heavy atom. The van der Waals surface area contributed by atoms with Gasteiger partial charge in [0.25, 0.3) is 15.6 Å². The molecule has 13 heteroatoms. The molecule has 0 atom stereocenters. The molecule has 0 aliphatic rings. The predicted molar refractivity (Wildman–Crippen MR) is 123 cm³/mol. The van der Waals surface area contributed by atoms with Crippen molar-refractivity contribution < 1.29 is 18.0 Å². The van der Waals surface area contributed by atoms with Crippen molar-refractivity contribution in [3.05, 3.63) is 64.7 Å². The quantitative estimate of drug-likeness (QED) is 0.143. The normalized spacial score (nSPS) is 11.1. The predicted octanol–water partition coefficient (Wildman–Crippen LogP) is -0.173. The van der Waals surface area contributed by atoms with Gasteiger partial charge in [-0.15, -0.1) is 0 Å². The van der Waals surface area contributed by atoms with Gasteiger partial charge in [0.05, 0.1) is 17.0 Å². The van der Waals surface area contributed by atoms with E-state index in [9.17, 15) is 18.0 Å². The first-order chi connectivity index (χ1) is 15.7. The summed E-state index contributed by atoms with van der Waals surface area (Å²) in [5.41, 5.74) is 10.4. The van der Waals surface area contributed by atoms with Gasteiger partial charge in [-0.05, 0) is 48.5 Å². The number of guanidine groups is 1. The van der Waals surface area contributed by atoms with Gasteiger partial charge in [0.15, 0.2) is 0 Å². The number of sulfonamides is 1. The molecule has 0 bridgehead atoms. The SMILES string of the molecule is Cc1ccc(NS(=O)(=O)c2cccc3ncccc23)c(=O)n1CC(=O)NCCON=C(N)N. The van der Waals surface area contributed by atoms with Crippen LogP contribution in [0.5, 0.6) is 0 Å². The van der Waals surface area contributed by atoms with Gasteiger partial charge in [0.1, 0.15) is 18.8 Å². The summed E-state index contributed by atoms with van der Waals surface area (Å²) in [6.07, 6.45) is 1.56. The second kappa shape index (κ2) is 9.99. The minimum Gasteiger partial charge on any atom is -0.391 e. The maximum atomic E-state index is 13.0. The van der Waals surface area contributed by atoms with Gasteiger partial charge in [-0.1, -0.05) is 6.07 Å². The Morgan fingerprint density at radius 3 is 2.73 bits per heavy atom. The summed E-state index contributed by atoms with van der Waals surface area (Å²) < 4.78 is 29.5. The monoisotopic (exact) mass is 473 g/mol. The Kier molecular flexibility index (Phi) is 7.13. The summed E-state index contributed by atoms with van der Waals surface area (Å²) in [5, 5.41) is 6.29. The number of aryl methyl sites for hydroxylation is 1.